The second-order valence-corrected chi connectivity index (χ2v) is 4.44. The molecule has 1 aliphatic carbocycles. The Morgan fingerprint density at radius 2 is 2.07 bits per heavy atom. The molecule has 1 saturated carbocycles. The van der Waals surface area contributed by atoms with Crippen LogP contribution in [-0.4, -0.2) is 18.9 Å². The Labute approximate surface area is 91.2 Å². The highest BCUT2D eigenvalue weighted by atomic mass is 16.5. The van der Waals surface area contributed by atoms with Crippen LogP contribution in [0.2, 0.25) is 0 Å². The van der Waals surface area contributed by atoms with E-state index in [1.165, 1.54) is 7.11 Å². The Bertz CT molecular complexity index is 247. The smallest absolute Gasteiger partial charge is 0.316 e. The standard InChI is InChI=1S/C12H20O3/c1-4-5-6-9(12(14)15-3)11(13)10-7-8(10)2/h8-10H,4-7H2,1-3H3. The fraction of sp³-hybridized carbons (Fsp3) is 0.833. The molecule has 0 saturated heterocycles. The summed E-state index contributed by atoms with van der Waals surface area (Å²) in [5.41, 5.74) is 0. The minimum atomic E-state index is -0.509. The molecule has 0 spiro atoms. The summed E-state index contributed by atoms with van der Waals surface area (Å²) in [7, 11) is 1.35. The molecule has 3 heteroatoms. The number of hydrogen-bond acceptors (Lipinski definition) is 3. The van der Waals surface area contributed by atoms with Gasteiger partial charge in [-0.15, -0.1) is 0 Å². The van der Waals surface area contributed by atoms with E-state index in [9.17, 15) is 9.59 Å². The molecule has 0 aromatic rings. The fourth-order valence-corrected chi connectivity index (χ4v) is 1.90. The highest BCUT2D eigenvalue weighted by Gasteiger charge is 2.44. The third kappa shape index (κ3) is 3.05. The van der Waals surface area contributed by atoms with Crippen molar-refractivity contribution in [3.8, 4) is 0 Å². The summed E-state index contributed by atoms with van der Waals surface area (Å²) < 4.78 is 4.68. The lowest BCUT2D eigenvalue weighted by atomic mass is 9.94. The predicted molar refractivity (Wildman–Crippen MR) is 57.3 cm³/mol. The molecule has 3 unspecified atom stereocenters. The number of unbranched alkanes of at least 4 members (excludes halogenated alkanes) is 1. The van der Waals surface area contributed by atoms with Crippen molar-refractivity contribution in [1.29, 1.82) is 0 Å². The van der Waals surface area contributed by atoms with Crippen LogP contribution in [0.5, 0.6) is 0 Å². The van der Waals surface area contributed by atoms with Crippen LogP contribution in [0.25, 0.3) is 0 Å². The number of hydrogen-bond donors (Lipinski definition) is 0. The summed E-state index contributed by atoms with van der Waals surface area (Å²) in [6, 6.07) is 0. The first-order valence-corrected chi connectivity index (χ1v) is 5.73. The van der Waals surface area contributed by atoms with E-state index in [1.807, 2.05) is 0 Å². The van der Waals surface area contributed by atoms with Gasteiger partial charge < -0.3 is 4.74 Å². The number of Topliss-reactive ketones (excluding diaryl/α,β-unsaturated/α-hetero) is 1. The molecule has 1 rings (SSSR count). The predicted octanol–water partition coefficient (Wildman–Crippen LogP) is 2.19. The zero-order chi connectivity index (χ0) is 11.4. The van der Waals surface area contributed by atoms with Gasteiger partial charge in [-0.2, -0.15) is 0 Å². The van der Waals surface area contributed by atoms with Crippen LogP contribution in [0.4, 0.5) is 0 Å². The second-order valence-electron chi connectivity index (χ2n) is 4.44. The number of carbonyl (C=O) groups is 2. The van der Waals surface area contributed by atoms with E-state index in [0.717, 1.165) is 19.3 Å². The molecule has 0 aromatic heterocycles. The molecule has 0 aliphatic heterocycles. The van der Waals surface area contributed by atoms with Crippen LogP contribution < -0.4 is 0 Å². The zero-order valence-corrected chi connectivity index (χ0v) is 9.79. The lowest BCUT2D eigenvalue weighted by Gasteiger charge is -2.12. The SMILES string of the molecule is CCCCC(C(=O)OC)C(=O)C1CC1C. The van der Waals surface area contributed by atoms with Crippen molar-refractivity contribution in [3.05, 3.63) is 0 Å². The maximum atomic E-state index is 11.9. The molecule has 1 aliphatic rings. The van der Waals surface area contributed by atoms with Gasteiger partial charge in [0.2, 0.25) is 0 Å². The quantitative estimate of drug-likeness (QED) is 0.500. The van der Waals surface area contributed by atoms with Gasteiger partial charge in [-0.05, 0) is 18.8 Å². The summed E-state index contributed by atoms with van der Waals surface area (Å²) in [5.74, 6) is -0.183. The summed E-state index contributed by atoms with van der Waals surface area (Å²) in [6.07, 6.45) is 3.50. The summed E-state index contributed by atoms with van der Waals surface area (Å²) in [5, 5.41) is 0. The minimum Gasteiger partial charge on any atom is -0.468 e. The number of methoxy groups -OCH3 is 1. The molecule has 0 N–H and O–H groups in total. The van der Waals surface area contributed by atoms with Gasteiger partial charge in [0.1, 0.15) is 11.7 Å². The maximum absolute atomic E-state index is 11.9. The molecule has 15 heavy (non-hydrogen) atoms. The Balaban J connectivity index is 2.54. The van der Waals surface area contributed by atoms with Gasteiger partial charge in [0.05, 0.1) is 7.11 Å². The van der Waals surface area contributed by atoms with Gasteiger partial charge in [-0.3, -0.25) is 9.59 Å². The third-order valence-corrected chi connectivity index (χ3v) is 3.15. The van der Waals surface area contributed by atoms with Crippen molar-refractivity contribution in [2.45, 2.75) is 39.5 Å². The van der Waals surface area contributed by atoms with Crippen LogP contribution >= 0.6 is 0 Å². The van der Waals surface area contributed by atoms with Gasteiger partial charge in [-0.1, -0.05) is 26.7 Å². The number of rotatable bonds is 6. The van der Waals surface area contributed by atoms with E-state index in [-0.39, 0.29) is 17.7 Å². The Morgan fingerprint density at radius 1 is 1.47 bits per heavy atom. The first kappa shape index (κ1) is 12.2. The molecule has 0 heterocycles. The summed E-state index contributed by atoms with van der Waals surface area (Å²) >= 11 is 0. The van der Waals surface area contributed by atoms with Crippen molar-refractivity contribution in [2.24, 2.45) is 17.8 Å². The molecule has 3 nitrogen and oxygen atoms in total. The monoisotopic (exact) mass is 212 g/mol. The van der Waals surface area contributed by atoms with Gasteiger partial charge in [0.15, 0.2) is 0 Å². The zero-order valence-electron chi connectivity index (χ0n) is 9.79. The van der Waals surface area contributed by atoms with E-state index in [4.69, 9.17) is 0 Å². The first-order valence-electron chi connectivity index (χ1n) is 5.73. The van der Waals surface area contributed by atoms with Crippen LogP contribution in [0, 0.1) is 17.8 Å². The fourth-order valence-electron chi connectivity index (χ4n) is 1.90. The van der Waals surface area contributed by atoms with Crippen LogP contribution in [0.15, 0.2) is 0 Å². The van der Waals surface area contributed by atoms with Crippen LogP contribution in [-0.2, 0) is 14.3 Å². The number of carbonyl (C=O) groups excluding carboxylic acids is 2. The topological polar surface area (TPSA) is 43.4 Å². The van der Waals surface area contributed by atoms with Crippen molar-refractivity contribution in [3.63, 3.8) is 0 Å². The highest BCUT2D eigenvalue weighted by molar-refractivity contribution is 6.01. The van der Waals surface area contributed by atoms with Crippen LogP contribution in [0.1, 0.15) is 39.5 Å². The minimum absolute atomic E-state index is 0.0998. The number of ether oxygens (including phenoxy) is 1. The maximum Gasteiger partial charge on any atom is 0.316 e. The molecule has 0 amide bonds. The van der Waals surface area contributed by atoms with Crippen LogP contribution in [0.3, 0.4) is 0 Å². The first-order chi connectivity index (χ1) is 7.11. The van der Waals surface area contributed by atoms with Gasteiger partial charge in [0, 0.05) is 5.92 Å². The lowest BCUT2D eigenvalue weighted by Crippen LogP contribution is -2.27. The van der Waals surface area contributed by atoms with Gasteiger partial charge >= 0.3 is 5.97 Å². The van der Waals surface area contributed by atoms with Crippen molar-refractivity contribution >= 4 is 11.8 Å². The average Bonchev–Trinajstić information content (AvgIpc) is 2.95. The molecule has 86 valence electrons. The lowest BCUT2D eigenvalue weighted by molar-refractivity contribution is -0.150. The molecular formula is C12H20O3. The van der Waals surface area contributed by atoms with Gasteiger partial charge in [-0.25, -0.2) is 0 Å². The van der Waals surface area contributed by atoms with Crippen molar-refractivity contribution < 1.29 is 14.3 Å². The number of ketones is 1. The molecule has 3 atom stereocenters. The van der Waals surface area contributed by atoms with E-state index >= 15 is 0 Å². The Kier molecular flexibility index (Phi) is 4.30. The number of esters is 1. The second kappa shape index (κ2) is 5.29. The Morgan fingerprint density at radius 3 is 2.47 bits per heavy atom. The molecular weight excluding hydrogens is 192 g/mol. The van der Waals surface area contributed by atoms with E-state index in [2.05, 4.69) is 18.6 Å². The van der Waals surface area contributed by atoms with E-state index in [0.29, 0.717) is 12.3 Å². The van der Waals surface area contributed by atoms with Crippen molar-refractivity contribution in [2.75, 3.05) is 7.11 Å². The molecule has 0 bridgehead atoms. The van der Waals surface area contributed by atoms with E-state index in [1.54, 1.807) is 0 Å². The van der Waals surface area contributed by atoms with Crippen molar-refractivity contribution in [1.82, 2.24) is 0 Å². The highest BCUT2D eigenvalue weighted by Crippen LogP contribution is 2.41. The van der Waals surface area contributed by atoms with E-state index < -0.39 is 5.92 Å². The average molecular weight is 212 g/mol. The summed E-state index contributed by atoms with van der Waals surface area (Å²) in [4.78, 5) is 23.4. The summed E-state index contributed by atoms with van der Waals surface area (Å²) in [6.45, 7) is 4.11. The normalized spacial score (nSPS) is 25.8. The third-order valence-electron chi connectivity index (χ3n) is 3.15. The van der Waals surface area contributed by atoms with Gasteiger partial charge in [0.25, 0.3) is 0 Å². The largest absolute Gasteiger partial charge is 0.468 e. The molecule has 0 radical (unpaired) electrons. The molecule has 0 aromatic carbocycles. The molecule has 1 fully saturated rings. The Hall–Kier alpha value is -0.860.